The van der Waals surface area contributed by atoms with Gasteiger partial charge in [-0.2, -0.15) is 9.61 Å². The molecule has 12 heteroatoms. The highest BCUT2D eigenvalue weighted by Gasteiger charge is 2.28. The Morgan fingerprint density at radius 1 is 1.26 bits per heavy atom. The number of anilines is 3. The van der Waals surface area contributed by atoms with Gasteiger partial charge in [-0.15, -0.1) is 0 Å². The van der Waals surface area contributed by atoms with Crippen LogP contribution in [-0.2, 0) is 4.74 Å². The summed E-state index contributed by atoms with van der Waals surface area (Å²) in [4.78, 5) is 44.9. The predicted octanol–water partition coefficient (Wildman–Crippen LogP) is 3.23. The van der Waals surface area contributed by atoms with Gasteiger partial charge in [0.05, 0.1) is 12.3 Å². The van der Waals surface area contributed by atoms with Gasteiger partial charge in [0, 0.05) is 31.4 Å². The predicted molar refractivity (Wildman–Crippen MR) is 143 cm³/mol. The van der Waals surface area contributed by atoms with Crippen molar-refractivity contribution >= 4 is 35.0 Å². The summed E-state index contributed by atoms with van der Waals surface area (Å²) < 4.78 is 8.49. The van der Waals surface area contributed by atoms with Crippen LogP contribution < -0.4 is 21.1 Å². The van der Waals surface area contributed by atoms with E-state index in [4.69, 9.17) is 4.74 Å². The number of aliphatic hydroxyl groups excluding tert-OH is 1. The van der Waals surface area contributed by atoms with E-state index in [0.29, 0.717) is 19.3 Å². The van der Waals surface area contributed by atoms with E-state index in [0.717, 1.165) is 0 Å². The molecule has 2 atom stereocenters. The van der Waals surface area contributed by atoms with Crippen LogP contribution in [0.25, 0.3) is 5.65 Å². The second-order valence-electron chi connectivity index (χ2n) is 10.8. The summed E-state index contributed by atoms with van der Waals surface area (Å²) in [6, 6.07) is 4.75. The summed E-state index contributed by atoms with van der Waals surface area (Å²) in [7, 11) is 1.53. The quantitative estimate of drug-likeness (QED) is 0.445. The molecule has 3 heterocycles. The number of rotatable bonds is 6. The maximum absolute atomic E-state index is 13.2. The Morgan fingerprint density at radius 3 is 2.63 bits per heavy atom. The first-order valence-electron chi connectivity index (χ1n) is 12.7. The lowest BCUT2D eigenvalue weighted by molar-refractivity contribution is 0.0587. The Labute approximate surface area is 220 Å². The van der Waals surface area contributed by atoms with Gasteiger partial charge in [0.1, 0.15) is 28.5 Å². The number of aliphatic hydroxyl groups is 1. The van der Waals surface area contributed by atoms with Crippen molar-refractivity contribution in [3.05, 3.63) is 46.5 Å². The Morgan fingerprint density at radius 2 is 2.00 bits per heavy atom. The molecule has 1 fully saturated rings. The van der Waals surface area contributed by atoms with Crippen LogP contribution in [0.1, 0.15) is 70.3 Å². The van der Waals surface area contributed by atoms with Crippen LogP contribution in [0.15, 0.2) is 35.4 Å². The molecule has 38 heavy (non-hydrogen) atoms. The molecule has 0 spiro atoms. The third kappa shape index (κ3) is 5.80. The van der Waals surface area contributed by atoms with Gasteiger partial charge >= 0.3 is 6.09 Å². The minimum Gasteiger partial charge on any atom is -0.443 e. The van der Waals surface area contributed by atoms with Crippen molar-refractivity contribution in [2.45, 2.75) is 77.7 Å². The van der Waals surface area contributed by atoms with Crippen LogP contribution in [0.5, 0.6) is 0 Å². The van der Waals surface area contributed by atoms with Crippen molar-refractivity contribution in [2.24, 2.45) is 0 Å². The summed E-state index contributed by atoms with van der Waals surface area (Å²) >= 11 is 0. The molecule has 1 aliphatic carbocycles. The maximum Gasteiger partial charge on any atom is 0.415 e. The topological polar surface area (TPSA) is 143 Å². The number of carbonyl (C=O) groups excluding carboxylic acids is 2. The Balaban J connectivity index is 1.77. The number of nitrogens with zero attached hydrogens (tertiary/aromatic N) is 5. The number of hydrogen-bond donors (Lipinski definition) is 3. The highest BCUT2D eigenvalue weighted by atomic mass is 16.6. The first-order valence-corrected chi connectivity index (χ1v) is 12.7. The van der Waals surface area contributed by atoms with E-state index in [1.807, 2.05) is 13.8 Å². The van der Waals surface area contributed by atoms with Gasteiger partial charge in [-0.1, -0.05) is 0 Å². The van der Waals surface area contributed by atoms with Gasteiger partial charge in [0.15, 0.2) is 5.65 Å². The molecular weight excluding hydrogens is 490 g/mol. The number of nitrogens with one attached hydrogen (secondary N) is 2. The molecule has 3 aromatic rings. The van der Waals surface area contributed by atoms with Gasteiger partial charge in [-0.05, 0) is 66.0 Å². The largest absolute Gasteiger partial charge is 0.443 e. The molecule has 0 saturated heterocycles. The van der Waals surface area contributed by atoms with E-state index in [1.54, 1.807) is 49.7 Å². The molecule has 204 valence electrons. The third-order valence-corrected chi connectivity index (χ3v) is 6.24. The molecule has 0 aliphatic heterocycles. The van der Waals surface area contributed by atoms with Crippen molar-refractivity contribution in [1.82, 2.24) is 24.5 Å². The highest BCUT2D eigenvalue weighted by Crippen LogP contribution is 2.26. The number of ether oxygens (including phenoxy) is 1. The lowest BCUT2D eigenvalue weighted by atomic mass is 10.2. The van der Waals surface area contributed by atoms with Crippen molar-refractivity contribution in [3.63, 3.8) is 0 Å². The molecule has 2 unspecified atom stereocenters. The molecule has 12 nitrogen and oxygen atoms in total. The first kappa shape index (κ1) is 27.1. The first-order chi connectivity index (χ1) is 17.8. The fourth-order valence-corrected chi connectivity index (χ4v) is 4.34. The molecule has 0 aromatic carbocycles. The van der Waals surface area contributed by atoms with Crippen LogP contribution in [0.4, 0.5) is 22.1 Å². The normalized spacial score (nSPS) is 17.6. The average molecular weight is 526 g/mol. The smallest absolute Gasteiger partial charge is 0.415 e. The number of aromatic nitrogens is 4. The van der Waals surface area contributed by atoms with Crippen molar-refractivity contribution in [2.75, 3.05) is 17.3 Å². The zero-order valence-corrected chi connectivity index (χ0v) is 22.6. The summed E-state index contributed by atoms with van der Waals surface area (Å²) in [6.45, 7) is 9.10. The number of fused-ring (bicyclic) bond motifs is 1. The molecule has 4 rings (SSSR count). The summed E-state index contributed by atoms with van der Waals surface area (Å²) in [5.74, 6) is 0.131. The van der Waals surface area contributed by atoms with Crippen molar-refractivity contribution in [1.29, 1.82) is 0 Å². The third-order valence-electron chi connectivity index (χ3n) is 6.24. The number of hydrogen-bond acceptors (Lipinski definition) is 8. The number of pyridine rings is 1. The number of carbonyl (C=O) groups is 2. The fourth-order valence-electron chi connectivity index (χ4n) is 4.34. The van der Waals surface area contributed by atoms with Crippen LogP contribution in [0.3, 0.4) is 0 Å². The van der Waals surface area contributed by atoms with Crippen molar-refractivity contribution in [3.8, 4) is 0 Å². The van der Waals surface area contributed by atoms with E-state index in [1.165, 1.54) is 22.7 Å². The van der Waals surface area contributed by atoms with E-state index in [-0.39, 0.29) is 46.2 Å². The Bertz CT molecular complexity index is 1410. The van der Waals surface area contributed by atoms with Gasteiger partial charge in [0.2, 0.25) is 0 Å². The standard InChI is InChI=1S/C26H35N7O5/c1-15(2)32-11-7-8-19(24(32)36)29-20-13-21(31(6)25(37)38-26(3,4)5)33-22(30-20)18(14-27-33)23(35)28-16-9-10-17(34)12-16/h7-8,11,13-17,34H,9-10,12H2,1-6H3,(H,28,35)(H,29,30). The minimum atomic E-state index is -0.731. The summed E-state index contributed by atoms with van der Waals surface area (Å²) in [6.07, 6.45) is 3.81. The second kappa shape index (κ2) is 10.4. The van der Waals surface area contributed by atoms with Gasteiger partial charge in [-0.25, -0.2) is 9.78 Å². The maximum atomic E-state index is 13.2. The average Bonchev–Trinajstić information content (AvgIpc) is 3.44. The van der Waals surface area contributed by atoms with Crippen molar-refractivity contribution < 1.29 is 19.4 Å². The van der Waals surface area contributed by atoms with Gasteiger partial charge in [-0.3, -0.25) is 14.5 Å². The van der Waals surface area contributed by atoms with E-state index < -0.39 is 23.7 Å². The van der Waals surface area contributed by atoms with E-state index in [9.17, 15) is 19.5 Å². The SMILES string of the molecule is CC(C)n1cccc(Nc2cc(N(C)C(=O)OC(C)(C)C)n3ncc(C(=O)NC4CCC(O)C4)c3n2)c1=O. The molecule has 0 bridgehead atoms. The van der Waals surface area contributed by atoms with Crippen LogP contribution in [0, 0.1) is 0 Å². The zero-order valence-electron chi connectivity index (χ0n) is 22.6. The molecule has 0 radical (unpaired) electrons. The molecule has 1 aliphatic rings. The fraction of sp³-hybridized carbons (Fsp3) is 0.500. The molecule has 1 saturated carbocycles. The number of amides is 2. The summed E-state index contributed by atoms with van der Waals surface area (Å²) in [5, 5.41) is 20.1. The van der Waals surface area contributed by atoms with Gasteiger partial charge < -0.3 is 25.0 Å². The van der Waals surface area contributed by atoms with Crippen LogP contribution in [-0.4, -0.2) is 61.1 Å². The van der Waals surface area contributed by atoms with Gasteiger partial charge in [0.25, 0.3) is 11.5 Å². The zero-order chi connectivity index (χ0) is 27.8. The molecular formula is C26H35N7O5. The van der Waals surface area contributed by atoms with Crippen LogP contribution >= 0.6 is 0 Å². The molecule has 3 N–H and O–H groups in total. The second-order valence-corrected chi connectivity index (χ2v) is 10.8. The lowest BCUT2D eigenvalue weighted by Crippen LogP contribution is -2.35. The lowest BCUT2D eigenvalue weighted by Gasteiger charge is -2.25. The molecule has 3 aromatic heterocycles. The van der Waals surface area contributed by atoms with E-state index >= 15 is 0 Å². The highest BCUT2D eigenvalue weighted by molar-refractivity contribution is 6.00. The van der Waals surface area contributed by atoms with E-state index in [2.05, 4.69) is 20.7 Å². The Hall–Kier alpha value is -3.93. The Kier molecular flexibility index (Phi) is 7.45. The molecule has 2 amide bonds. The van der Waals surface area contributed by atoms with Crippen LogP contribution in [0.2, 0.25) is 0 Å². The summed E-state index contributed by atoms with van der Waals surface area (Å²) in [5.41, 5.74) is -0.295. The minimum absolute atomic E-state index is 0.0483. The monoisotopic (exact) mass is 525 g/mol.